The van der Waals surface area contributed by atoms with E-state index in [0.29, 0.717) is 18.8 Å². The topological polar surface area (TPSA) is 83.6 Å². The highest BCUT2D eigenvalue weighted by Crippen LogP contribution is 2.22. The van der Waals surface area contributed by atoms with Crippen molar-refractivity contribution >= 4 is 11.9 Å². The molecule has 2 heterocycles. The number of fused-ring (bicyclic) bond motifs is 1. The molecule has 120 valence electrons. The zero-order valence-corrected chi connectivity index (χ0v) is 13.1. The van der Waals surface area contributed by atoms with Crippen LogP contribution in [0.2, 0.25) is 0 Å². The number of carbonyl (C=O) groups excluding carboxylic acids is 1. The van der Waals surface area contributed by atoms with Crippen LogP contribution in [0.25, 0.3) is 0 Å². The average molecular weight is 314 g/mol. The Labute approximate surface area is 133 Å². The molecular weight excluding hydrogens is 296 g/mol. The summed E-state index contributed by atoms with van der Waals surface area (Å²) in [6, 6.07) is 5.12. The first-order valence-electron chi connectivity index (χ1n) is 7.50. The highest BCUT2D eigenvalue weighted by Gasteiger charge is 2.23. The van der Waals surface area contributed by atoms with Crippen molar-refractivity contribution in [3.63, 3.8) is 0 Å². The summed E-state index contributed by atoms with van der Waals surface area (Å²) in [6.07, 6.45) is 0.998. The van der Waals surface area contributed by atoms with E-state index in [-0.39, 0.29) is 17.9 Å². The van der Waals surface area contributed by atoms with Crippen molar-refractivity contribution in [2.45, 2.75) is 33.2 Å². The van der Waals surface area contributed by atoms with Crippen molar-refractivity contribution < 1.29 is 19.2 Å². The van der Waals surface area contributed by atoms with Crippen LogP contribution >= 0.6 is 0 Å². The van der Waals surface area contributed by atoms with Gasteiger partial charge in [-0.15, -0.1) is 0 Å². The van der Waals surface area contributed by atoms with Gasteiger partial charge in [-0.1, -0.05) is 11.2 Å². The fraction of sp³-hybridized carbons (Fsp3) is 0.353. The number of aromatic carboxylic acids is 1. The number of hydrogen-bond acceptors (Lipinski definition) is 4. The Morgan fingerprint density at radius 1 is 1.30 bits per heavy atom. The number of hydrogen-bond donors (Lipinski definition) is 1. The molecule has 0 fully saturated rings. The van der Waals surface area contributed by atoms with Gasteiger partial charge in [0, 0.05) is 18.7 Å². The minimum atomic E-state index is -0.952. The minimum absolute atomic E-state index is 0.00535. The predicted octanol–water partition coefficient (Wildman–Crippen LogP) is 2.12. The zero-order valence-electron chi connectivity index (χ0n) is 13.1. The normalized spacial score (nSPS) is 13.7. The van der Waals surface area contributed by atoms with Crippen LogP contribution in [0.4, 0.5) is 0 Å². The fourth-order valence-corrected chi connectivity index (χ4v) is 2.92. The molecule has 1 N–H and O–H groups in total. The average Bonchev–Trinajstić information content (AvgIpc) is 2.85. The molecule has 0 saturated carbocycles. The molecule has 0 atom stereocenters. The molecule has 1 aliphatic rings. The number of carbonyl (C=O) groups is 2. The number of aryl methyl sites for hydroxylation is 2. The smallest absolute Gasteiger partial charge is 0.335 e. The van der Waals surface area contributed by atoms with Gasteiger partial charge in [-0.25, -0.2) is 4.79 Å². The maximum atomic E-state index is 12.5. The molecule has 2 aromatic rings. The summed E-state index contributed by atoms with van der Waals surface area (Å²) in [4.78, 5) is 25.4. The number of carboxylic acids is 1. The van der Waals surface area contributed by atoms with Gasteiger partial charge >= 0.3 is 5.97 Å². The number of amides is 1. The van der Waals surface area contributed by atoms with Gasteiger partial charge in [0.1, 0.15) is 5.76 Å². The number of benzene rings is 1. The van der Waals surface area contributed by atoms with Crippen molar-refractivity contribution in [1.82, 2.24) is 10.1 Å². The van der Waals surface area contributed by atoms with Gasteiger partial charge in [-0.2, -0.15) is 0 Å². The van der Waals surface area contributed by atoms with E-state index >= 15 is 0 Å². The molecule has 0 spiro atoms. The van der Waals surface area contributed by atoms with Crippen molar-refractivity contribution in [3.8, 4) is 0 Å². The Balaban J connectivity index is 1.77. The Hall–Kier alpha value is -2.63. The Morgan fingerprint density at radius 2 is 2.09 bits per heavy atom. The molecule has 0 radical (unpaired) electrons. The molecule has 0 bridgehead atoms. The monoisotopic (exact) mass is 314 g/mol. The van der Waals surface area contributed by atoms with Crippen LogP contribution in [0.1, 0.15) is 38.5 Å². The predicted molar refractivity (Wildman–Crippen MR) is 82.2 cm³/mol. The quantitative estimate of drug-likeness (QED) is 0.938. The molecule has 0 saturated heterocycles. The highest BCUT2D eigenvalue weighted by atomic mass is 16.5. The third-order valence-corrected chi connectivity index (χ3v) is 4.33. The number of carboxylic acid groups (broad SMARTS) is 1. The van der Waals surface area contributed by atoms with E-state index < -0.39 is 5.97 Å². The van der Waals surface area contributed by atoms with E-state index in [2.05, 4.69) is 5.16 Å². The second-order valence-electron chi connectivity index (χ2n) is 5.83. The molecule has 6 heteroatoms. The summed E-state index contributed by atoms with van der Waals surface area (Å²) in [6.45, 7) is 4.71. The van der Waals surface area contributed by atoms with E-state index in [1.165, 1.54) is 0 Å². The Bertz CT molecular complexity index is 759. The number of aromatic nitrogens is 1. The van der Waals surface area contributed by atoms with Gasteiger partial charge < -0.3 is 14.5 Å². The third kappa shape index (κ3) is 2.97. The summed E-state index contributed by atoms with van der Waals surface area (Å²) in [7, 11) is 0. The molecule has 23 heavy (non-hydrogen) atoms. The van der Waals surface area contributed by atoms with E-state index in [4.69, 9.17) is 9.63 Å². The van der Waals surface area contributed by atoms with Crippen molar-refractivity contribution in [2.75, 3.05) is 6.54 Å². The first-order chi connectivity index (χ1) is 11.0. The van der Waals surface area contributed by atoms with Gasteiger partial charge in [0.25, 0.3) is 0 Å². The summed E-state index contributed by atoms with van der Waals surface area (Å²) in [5.74, 6) is -0.279. The number of nitrogens with zero attached hydrogens (tertiary/aromatic N) is 2. The minimum Gasteiger partial charge on any atom is -0.478 e. The lowest BCUT2D eigenvalue weighted by molar-refractivity contribution is -0.131. The standard InChI is InChI=1S/C17H18N2O4/c1-10-15(11(2)23-18-10)8-16(20)19-6-5-12-3-4-13(17(21)22)7-14(12)9-19/h3-4,7H,5-6,8-9H2,1-2H3,(H,21,22). The van der Waals surface area contributed by atoms with Gasteiger partial charge in [-0.05, 0) is 43.5 Å². The molecule has 3 rings (SSSR count). The van der Waals surface area contributed by atoms with Crippen LogP contribution in [-0.4, -0.2) is 33.6 Å². The highest BCUT2D eigenvalue weighted by molar-refractivity contribution is 5.88. The maximum Gasteiger partial charge on any atom is 0.335 e. The first kappa shape index (κ1) is 15.3. The lowest BCUT2D eigenvalue weighted by atomic mass is 9.97. The second kappa shape index (κ2) is 5.87. The largest absolute Gasteiger partial charge is 0.478 e. The van der Waals surface area contributed by atoms with Gasteiger partial charge in [0.15, 0.2) is 0 Å². The van der Waals surface area contributed by atoms with Gasteiger partial charge in [0.05, 0.1) is 17.7 Å². The van der Waals surface area contributed by atoms with Crippen molar-refractivity contribution in [3.05, 3.63) is 51.9 Å². The van der Waals surface area contributed by atoms with E-state index in [0.717, 1.165) is 28.8 Å². The molecule has 1 aliphatic heterocycles. The molecule has 1 aromatic carbocycles. The van der Waals surface area contributed by atoms with E-state index in [1.54, 1.807) is 24.0 Å². The van der Waals surface area contributed by atoms with Crippen LogP contribution in [0.15, 0.2) is 22.7 Å². The van der Waals surface area contributed by atoms with Crippen LogP contribution < -0.4 is 0 Å². The first-order valence-corrected chi connectivity index (χ1v) is 7.50. The Kier molecular flexibility index (Phi) is 3.90. The lowest BCUT2D eigenvalue weighted by Crippen LogP contribution is -2.37. The SMILES string of the molecule is Cc1noc(C)c1CC(=O)N1CCc2ccc(C(=O)O)cc2C1. The summed E-state index contributed by atoms with van der Waals surface area (Å²) in [5.41, 5.74) is 3.84. The summed E-state index contributed by atoms with van der Waals surface area (Å²) >= 11 is 0. The van der Waals surface area contributed by atoms with Crippen molar-refractivity contribution in [1.29, 1.82) is 0 Å². The van der Waals surface area contributed by atoms with E-state index in [1.807, 2.05) is 13.0 Å². The van der Waals surface area contributed by atoms with Crippen LogP contribution in [0.3, 0.4) is 0 Å². The van der Waals surface area contributed by atoms with Gasteiger partial charge in [-0.3, -0.25) is 4.79 Å². The lowest BCUT2D eigenvalue weighted by Gasteiger charge is -2.29. The number of rotatable bonds is 3. The summed E-state index contributed by atoms with van der Waals surface area (Å²) < 4.78 is 5.10. The van der Waals surface area contributed by atoms with Crippen molar-refractivity contribution in [2.24, 2.45) is 0 Å². The zero-order chi connectivity index (χ0) is 16.6. The second-order valence-corrected chi connectivity index (χ2v) is 5.83. The van der Waals surface area contributed by atoms with Crippen LogP contribution in [-0.2, 0) is 24.2 Å². The molecular formula is C17H18N2O4. The molecule has 6 nitrogen and oxygen atoms in total. The fourth-order valence-electron chi connectivity index (χ4n) is 2.92. The maximum absolute atomic E-state index is 12.5. The molecule has 1 amide bonds. The molecule has 0 aliphatic carbocycles. The van der Waals surface area contributed by atoms with Crippen LogP contribution in [0.5, 0.6) is 0 Å². The summed E-state index contributed by atoms with van der Waals surface area (Å²) in [5, 5.41) is 13.0. The van der Waals surface area contributed by atoms with Crippen LogP contribution in [0, 0.1) is 13.8 Å². The van der Waals surface area contributed by atoms with Gasteiger partial charge in [0.2, 0.25) is 5.91 Å². The Morgan fingerprint density at radius 3 is 2.74 bits per heavy atom. The molecule has 1 aromatic heterocycles. The van der Waals surface area contributed by atoms with E-state index in [9.17, 15) is 9.59 Å². The molecule has 0 unspecified atom stereocenters. The third-order valence-electron chi connectivity index (χ3n) is 4.33.